The van der Waals surface area contributed by atoms with Gasteiger partial charge in [0.05, 0.1) is 0 Å². The molecule has 5 nitrogen and oxygen atoms in total. The summed E-state index contributed by atoms with van der Waals surface area (Å²) in [6.45, 7) is 6.64. The zero-order valence-electron chi connectivity index (χ0n) is 21.9. The van der Waals surface area contributed by atoms with Gasteiger partial charge in [0.15, 0.2) is 0 Å². The Kier molecular flexibility index (Phi) is 8.92. The highest BCUT2D eigenvalue weighted by Crippen LogP contribution is 2.34. The number of alkyl halides is 3. The van der Waals surface area contributed by atoms with E-state index >= 15 is 0 Å². The lowest BCUT2D eigenvalue weighted by Crippen LogP contribution is -2.45. The van der Waals surface area contributed by atoms with Gasteiger partial charge in [0.25, 0.3) is 0 Å². The molecule has 1 aliphatic rings. The van der Waals surface area contributed by atoms with Crippen molar-refractivity contribution in [1.82, 2.24) is 14.4 Å². The third-order valence-electron chi connectivity index (χ3n) is 7.22. The molecule has 2 N–H and O–H groups in total. The fourth-order valence-electron chi connectivity index (χ4n) is 5.22. The summed E-state index contributed by atoms with van der Waals surface area (Å²) in [4.78, 5) is 4.82. The first-order valence-electron chi connectivity index (χ1n) is 13.3. The number of nitrogens with two attached hydrogens (primary N) is 1. The minimum absolute atomic E-state index is 0.236. The Hall–Kier alpha value is -2.75. The maximum atomic E-state index is 12.6. The van der Waals surface area contributed by atoms with Crippen molar-refractivity contribution in [3.05, 3.63) is 88.0 Å². The number of piperazine rings is 1. The minimum Gasteiger partial charge on any atom is -0.406 e. The van der Waals surface area contributed by atoms with Crippen LogP contribution in [0.5, 0.6) is 5.75 Å². The van der Waals surface area contributed by atoms with E-state index in [-0.39, 0.29) is 5.75 Å². The maximum Gasteiger partial charge on any atom is 0.573 e. The number of halogens is 5. The van der Waals surface area contributed by atoms with Gasteiger partial charge in [-0.25, -0.2) is 0 Å². The Morgan fingerprint density at radius 3 is 2.23 bits per heavy atom. The highest BCUT2D eigenvalue weighted by Gasteiger charge is 2.31. The van der Waals surface area contributed by atoms with Crippen LogP contribution < -0.4 is 10.5 Å². The second kappa shape index (κ2) is 12.4. The predicted octanol–water partition coefficient (Wildman–Crippen LogP) is 7.18. The number of aryl methyl sites for hydroxylation is 1. The van der Waals surface area contributed by atoms with Crippen molar-refractivity contribution in [2.24, 2.45) is 5.73 Å². The lowest BCUT2D eigenvalue weighted by atomic mass is 10.0. The molecule has 3 aromatic carbocycles. The number of nitrogens with zero attached hydrogens (tertiary/aromatic N) is 3. The van der Waals surface area contributed by atoms with Gasteiger partial charge in [0.2, 0.25) is 0 Å². The number of hydrogen-bond donors (Lipinski definition) is 1. The van der Waals surface area contributed by atoms with E-state index in [4.69, 9.17) is 28.9 Å². The van der Waals surface area contributed by atoms with Gasteiger partial charge in [-0.3, -0.25) is 9.80 Å². The molecule has 4 aromatic rings. The molecular weight excluding hydrogens is 560 g/mol. The van der Waals surface area contributed by atoms with Crippen LogP contribution in [-0.2, 0) is 19.6 Å². The summed E-state index contributed by atoms with van der Waals surface area (Å²) in [6.07, 6.45) is -1.83. The molecule has 5 rings (SSSR count). The van der Waals surface area contributed by atoms with Gasteiger partial charge >= 0.3 is 6.36 Å². The van der Waals surface area contributed by atoms with Crippen LogP contribution in [0.15, 0.2) is 66.9 Å². The van der Waals surface area contributed by atoms with Crippen molar-refractivity contribution in [1.29, 1.82) is 0 Å². The first-order chi connectivity index (χ1) is 19.2. The molecule has 0 saturated carbocycles. The number of rotatable bonds is 9. The first-order valence-corrected chi connectivity index (χ1v) is 14.0. The van der Waals surface area contributed by atoms with E-state index in [9.17, 15) is 13.2 Å². The van der Waals surface area contributed by atoms with Gasteiger partial charge in [-0.1, -0.05) is 41.4 Å². The van der Waals surface area contributed by atoms with Crippen molar-refractivity contribution >= 4 is 34.1 Å². The fourth-order valence-corrected chi connectivity index (χ4v) is 5.60. The maximum absolute atomic E-state index is 12.6. The number of benzene rings is 3. The quantitative estimate of drug-likeness (QED) is 0.224. The normalized spacial score (nSPS) is 15.2. The Balaban J connectivity index is 1.31. The van der Waals surface area contributed by atoms with Crippen molar-refractivity contribution in [2.45, 2.75) is 32.4 Å². The number of hydrogen-bond acceptors (Lipinski definition) is 4. The molecule has 0 atom stereocenters. The predicted molar refractivity (Wildman–Crippen MR) is 155 cm³/mol. The van der Waals surface area contributed by atoms with Crippen LogP contribution in [0.2, 0.25) is 10.0 Å². The first kappa shape index (κ1) is 28.8. The summed E-state index contributed by atoms with van der Waals surface area (Å²) in [7, 11) is 0. The zero-order valence-corrected chi connectivity index (χ0v) is 23.4. The van der Waals surface area contributed by atoms with E-state index in [2.05, 4.69) is 43.5 Å². The van der Waals surface area contributed by atoms with E-state index in [1.165, 1.54) is 17.7 Å². The molecule has 1 fully saturated rings. The van der Waals surface area contributed by atoms with E-state index in [1.807, 2.05) is 12.1 Å². The summed E-state index contributed by atoms with van der Waals surface area (Å²) in [5.41, 5.74) is 10.9. The largest absolute Gasteiger partial charge is 0.573 e. The molecule has 2 heterocycles. The van der Waals surface area contributed by atoms with E-state index in [0.717, 1.165) is 84.9 Å². The Labute approximate surface area is 241 Å². The lowest BCUT2D eigenvalue weighted by Gasteiger charge is -2.35. The SMILES string of the molecule is NCCCn1cc(-c2ccc(OC(F)(F)F)cc2)c2cc(CN3CCN(Cc4cc(Cl)ccc4Cl)CC3)ccc21. The van der Waals surface area contributed by atoms with Crippen LogP contribution >= 0.6 is 23.2 Å². The average molecular weight is 592 g/mol. The van der Waals surface area contributed by atoms with E-state index in [0.29, 0.717) is 11.6 Å². The van der Waals surface area contributed by atoms with Gasteiger partial charge in [0.1, 0.15) is 5.75 Å². The molecular formula is C30H31Cl2F3N4O. The van der Waals surface area contributed by atoms with E-state index in [1.54, 1.807) is 18.2 Å². The van der Waals surface area contributed by atoms with Crippen LogP contribution in [0, 0.1) is 0 Å². The summed E-state index contributed by atoms with van der Waals surface area (Å²) in [5.74, 6) is -0.236. The van der Waals surface area contributed by atoms with Crippen LogP contribution in [0.25, 0.3) is 22.0 Å². The number of ether oxygens (including phenoxy) is 1. The molecule has 0 bridgehead atoms. The van der Waals surface area contributed by atoms with Crippen molar-refractivity contribution in [3.8, 4) is 16.9 Å². The molecule has 0 unspecified atom stereocenters. The Bertz CT molecular complexity index is 1450. The molecule has 0 spiro atoms. The van der Waals surface area contributed by atoms with Crippen molar-refractivity contribution < 1.29 is 17.9 Å². The average Bonchev–Trinajstić information content (AvgIpc) is 3.28. The molecule has 40 heavy (non-hydrogen) atoms. The summed E-state index contributed by atoms with van der Waals surface area (Å²) < 4.78 is 44.1. The van der Waals surface area contributed by atoms with Gasteiger partial charge in [-0.05, 0) is 72.1 Å². The lowest BCUT2D eigenvalue weighted by molar-refractivity contribution is -0.274. The van der Waals surface area contributed by atoms with Gasteiger partial charge < -0.3 is 15.0 Å². The van der Waals surface area contributed by atoms with Crippen LogP contribution in [0.1, 0.15) is 17.5 Å². The molecule has 0 aliphatic carbocycles. The van der Waals surface area contributed by atoms with Crippen molar-refractivity contribution in [2.75, 3.05) is 32.7 Å². The number of aromatic nitrogens is 1. The molecule has 1 aromatic heterocycles. The van der Waals surface area contributed by atoms with Crippen molar-refractivity contribution in [3.63, 3.8) is 0 Å². The molecule has 10 heteroatoms. The zero-order chi connectivity index (χ0) is 28.3. The van der Waals surface area contributed by atoms with Crippen LogP contribution in [0.4, 0.5) is 13.2 Å². The standard InChI is InChI=1S/C30H31Cl2F3N4O/c31-24-5-8-28(32)23(17-24)19-38-14-12-37(13-15-38)18-21-2-9-29-26(16-21)27(20-39(29)11-1-10-36)22-3-6-25(7-4-22)40-30(33,34)35/h2-9,16-17,20H,1,10-15,18-19,36H2. The van der Waals surface area contributed by atoms with E-state index < -0.39 is 6.36 Å². The van der Waals surface area contributed by atoms with Gasteiger partial charge in [-0.2, -0.15) is 0 Å². The smallest absolute Gasteiger partial charge is 0.406 e. The topological polar surface area (TPSA) is 46.7 Å². The van der Waals surface area contributed by atoms with Gasteiger partial charge in [0, 0.05) is 78.5 Å². The molecule has 212 valence electrons. The minimum atomic E-state index is -4.72. The fraction of sp³-hybridized carbons (Fsp3) is 0.333. The van der Waals surface area contributed by atoms with Crippen LogP contribution in [0.3, 0.4) is 0 Å². The molecule has 0 amide bonds. The molecule has 1 aliphatic heterocycles. The summed E-state index contributed by atoms with van der Waals surface area (Å²) >= 11 is 12.5. The summed E-state index contributed by atoms with van der Waals surface area (Å²) in [5, 5.41) is 2.49. The Morgan fingerprint density at radius 1 is 0.850 bits per heavy atom. The second-order valence-corrected chi connectivity index (χ2v) is 10.9. The third-order valence-corrected chi connectivity index (χ3v) is 7.82. The second-order valence-electron chi connectivity index (χ2n) is 10.1. The van der Waals surface area contributed by atoms with Crippen LogP contribution in [-0.4, -0.2) is 53.5 Å². The van der Waals surface area contributed by atoms with Gasteiger partial charge in [-0.15, -0.1) is 13.2 Å². The molecule has 1 saturated heterocycles. The number of fused-ring (bicyclic) bond motifs is 1. The summed E-state index contributed by atoms with van der Waals surface area (Å²) in [6, 6.07) is 18.1. The monoisotopic (exact) mass is 590 g/mol. The highest BCUT2D eigenvalue weighted by molar-refractivity contribution is 6.33. The Morgan fingerprint density at radius 2 is 1.55 bits per heavy atom. The molecule has 0 radical (unpaired) electrons. The third kappa shape index (κ3) is 7.11. The highest BCUT2D eigenvalue weighted by atomic mass is 35.5.